The van der Waals surface area contributed by atoms with Crippen molar-refractivity contribution >= 4 is 11.2 Å². The third kappa shape index (κ3) is 2.88. The van der Waals surface area contributed by atoms with Crippen molar-refractivity contribution in [2.75, 3.05) is 0 Å². The first-order valence-electron chi connectivity index (χ1n) is 8.15. The third-order valence-electron chi connectivity index (χ3n) is 4.12. The molecule has 2 aromatic carbocycles. The van der Waals surface area contributed by atoms with Crippen molar-refractivity contribution in [3.05, 3.63) is 81.7 Å². The van der Waals surface area contributed by atoms with Crippen LogP contribution in [0, 0.1) is 19.7 Å². The number of hydrogen-bond acceptors (Lipinski definition) is 4. The number of hydrogen-bond donors (Lipinski definition) is 0. The molecule has 0 unspecified atom stereocenters. The number of rotatable bonds is 3. The Morgan fingerprint density at radius 3 is 2.58 bits per heavy atom. The fraction of sp³-hybridized carbons (Fsp3) is 0.158. The van der Waals surface area contributed by atoms with E-state index in [0.717, 1.165) is 16.8 Å². The summed E-state index contributed by atoms with van der Waals surface area (Å²) in [6, 6.07) is 12.1. The number of halogens is 1. The van der Waals surface area contributed by atoms with E-state index in [1.807, 2.05) is 26.0 Å². The molecule has 0 radical (unpaired) electrons. The Kier molecular flexibility index (Phi) is 3.84. The Hall–Kier alpha value is -3.35. The molecule has 4 aromatic rings. The highest BCUT2D eigenvalue weighted by Crippen LogP contribution is 2.16. The lowest BCUT2D eigenvalue weighted by Crippen LogP contribution is -2.21. The molecule has 0 N–H and O–H groups in total. The summed E-state index contributed by atoms with van der Waals surface area (Å²) < 4.78 is 16.3. The van der Waals surface area contributed by atoms with Crippen LogP contribution in [0.15, 0.2) is 53.6 Å². The van der Waals surface area contributed by atoms with Crippen molar-refractivity contribution in [2.45, 2.75) is 20.4 Å². The molecule has 2 heterocycles. The molecule has 0 aliphatic heterocycles. The van der Waals surface area contributed by atoms with Crippen LogP contribution >= 0.6 is 0 Å². The van der Waals surface area contributed by atoms with Gasteiger partial charge in [0.1, 0.15) is 12.1 Å². The van der Waals surface area contributed by atoms with Gasteiger partial charge in [-0.05, 0) is 54.8 Å². The van der Waals surface area contributed by atoms with E-state index in [1.165, 1.54) is 23.0 Å². The highest BCUT2D eigenvalue weighted by molar-refractivity contribution is 5.70. The van der Waals surface area contributed by atoms with Crippen LogP contribution in [0.5, 0.6) is 0 Å². The zero-order chi connectivity index (χ0) is 18.3. The van der Waals surface area contributed by atoms with Gasteiger partial charge in [-0.3, -0.25) is 9.36 Å². The molecule has 0 amide bonds. The molecule has 0 saturated heterocycles. The van der Waals surface area contributed by atoms with E-state index in [9.17, 15) is 9.18 Å². The number of nitrogens with zero attached hydrogens (tertiary/aromatic N) is 5. The van der Waals surface area contributed by atoms with Crippen LogP contribution in [0.2, 0.25) is 0 Å². The SMILES string of the molecule is Cc1cc(C)cc(-n2nnc3c(=O)n(Cc4cccc(F)c4)cnc32)c1. The van der Waals surface area contributed by atoms with Crippen molar-refractivity contribution in [2.24, 2.45) is 0 Å². The monoisotopic (exact) mass is 349 g/mol. The fourth-order valence-electron chi connectivity index (χ4n) is 3.04. The van der Waals surface area contributed by atoms with Crippen LogP contribution in [-0.4, -0.2) is 24.5 Å². The standard InChI is InChI=1S/C19H16FN5O/c1-12-6-13(2)8-16(7-12)25-18-17(22-23-25)19(26)24(11-21-18)10-14-4-3-5-15(20)9-14/h3-9,11H,10H2,1-2H3. The average Bonchev–Trinajstić information content (AvgIpc) is 3.01. The Balaban J connectivity index is 1.79. The Morgan fingerprint density at radius 1 is 1.08 bits per heavy atom. The molecule has 7 heteroatoms. The second-order valence-electron chi connectivity index (χ2n) is 6.33. The highest BCUT2D eigenvalue weighted by atomic mass is 19.1. The number of benzene rings is 2. The molecule has 0 spiro atoms. The van der Waals surface area contributed by atoms with E-state index in [1.54, 1.807) is 16.8 Å². The van der Waals surface area contributed by atoms with E-state index in [-0.39, 0.29) is 23.4 Å². The Morgan fingerprint density at radius 2 is 1.85 bits per heavy atom. The smallest absolute Gasteiger partial charge is 0.283 e. The van der Waals surface area contributed by atoms with Crippen LogP contribution in [0.1, 0.15) is 16.7 Å². The van der Waals surface area contributed by atoms with Gasteiger partial charge in [0.2, 0.25) is 0 Å². The van der Waals surface area contributed by atoms with Crippen molar-refractivity contribution in [1.29, 1.82) is 0 Å². The Bertz CT molecular complexity index is 1160. The highest BCUT2D eigenvalue weighted by Gasteiger charge is 2.14. The summed E-state index contributed by atoms with van der Waals surface area (Å²) >= 11 is 0. The summed E-state index contributed by atoms with van der Waals surface area (Å²) in [7, 11) is 0. The van der Waals surface area contributed by atoms with Gasteiger partial charge in [0, 0.05) is 0 Å². The molecule has 130 valence electrons. The van der Waals surface area contributed by atoms with Gasteiger partial charge >= 0.3 is 0 Å². The summed E-state index contributed by atoms with van der Waals surface area (Å²) in [4.78, 5) is 17.1. The van der Waals surface area contributed by atoms with Gasteiger partial charge in [-0.1, -0.05) is 23.4 Å². The number of aromatic nitrogens is 5. The van der Waals surface area contributed by atoms with E-state index in [4.69, 9.17) is 0 Å². The van der Waals surface area contributed by atoms with Gasteiger partial charge in [0.25, 0.3) is 5.56 Å². The van der Waals surface area contributed by atoms with Gasteiger partial charge < -0.3 is 0 Å². The van der Waals surface area contributed by atoms with Gasteiger partial charge in [-0.25, -0.2) is 9.37 Å². The minimum absolute atomic E-state index is 0.183. The van der Waals surface area contributed by atoms with Crippen LogP contribution in [0.3, 0.4) is 0 Å². The maximum absolute atomic E-state index is 13.4. The first-order chi connectivity index (χ1) is 12.5. The maximum atomic E-state index is 13.4. The van der Waals surface area contributed by atoms with Crippen molar-refractivity contribution < 1.29 is 4.39 Å². The third-order valence-corrected chi connectivity index (χ3v) is 4.12. The van der Waals surface area contributed by atoms with Crippen LogP contribution < -0.4 is 5.56 Å². The first-order valence-corrected chi connectivity index (χ1v) is 8.15. The molecular weight excluding hydrogens is 333 g/mol. The summed E-state index contributed by atoms with van der Waals surface area (Å²) in [5.74, 6) is -0.342. The van der Waals surface area contributed by atoms with Gasteiger partial charge in [-0.15, -0.1) is 5.10 Å². The van der Waals surface area contributed by atoms with E-state index in [2.05, 4.69) is 21.4 Å². The first kappa shape index (κ1) is 16.1. The lowest BCUT2D eigenvalue weighted by Gasteiger charge is -2.07. The second kappa shape index (κ2) is 6.18. The molecule has 0 saturated carbocycles. The molecule has 0 atom stereocenters. The van der Waals surface area contributed by atoms with E-state index in [0.29, 0.717) is 11.2 Å². The summed E-state index contributed by atoms with van der Waals surface area (Å²) in [5.41, 5.74) is 3.93. The van der Waals surface area contributed by atoms with Gasteiger partial charge in [0.15, 0.2) is 11.2 Å². The lowest BCUT2D eigenvalue weighted by atomic mass is 10.1. The lowest BCUT2D eigenvalue weighted by molar-refractivity contribution is 0.622. The normalized spacial score (nSPS) is 11.2. The van der Waals surface area contributed by atoms with Crippen molar-refractivity contribution in [3.8, 4) is 5.69 Å². The van der Waals surface area contributed by atoms with Gasteiger partial charge in [0.05, 0.1) is 12.2 Å². The van der Waals surface area contributed by atoms with Crippen molar-refractivity contribution in [3.63, 3.8) is 0 Å². The molecule has 26 heavy (non-hydrogen) atoms. The fourth-order valence-corrected chi connectivity index (χ4v) is 3.04. The summed E-state index contributed by atoms with van der Waals surface area (Å²) in [5, 5.41) is 8.12. The molecule has 0 aliphatic carbocycles. The molecule has 0 bridgehead atoms. The second-order valence-corrected chi connectivity index (χ2v) is 6.33. The Labute approximate surface area is 148 Å². The van der Waals surface area contributed by atoms with Crippen molar-refractivity contribution in [1.82, 2.24) is 24.5 Å². The topological polar surface area (TPSA) is 65.6 Å². The molecule has 0 fully saturated rings. The van der Waals surface area contributed by atoms with E-state index < -0.39 is 0 Å². The summed E-state index contributed by atoms with van der Waals surface area (Å²) in [6.07, 6.45) is 1.44. The predicted molar refractivity (Wildman–Crippen MR) is 95.9 cm³/mol. The van der Waals surface area contributed by atoms with Crippen LogP contribution in [-0.2, 0) is 6.54 Å². The number of fused-ring (bicyclic) bond motifs is 1. The number of aryl methyl sites for hydroxylation is 2. The minimum atomic E-state index is -0.342. The maximum Gasteiger partial charge on any atom is 0.283 e. The van der Waals surface area contributed by atoms with E-state index >= 15 is 0 Å². The summed E-state index contributed by atoms with van der Waals surface area (Å²) in [6.45, 7) is 4.21. The average molecular weight is 349 g/mol. The quantitative estimate of drug-likeness (QED) is 0.570. The largest absolute Gasteiger partial charge is 0.293 e. The predicted octanol–water partition coefficient (Wildman–Crippen LogP) is 2.78. The zero-order valence-corrected chi connectivity index (χ0v) is 14.3. The molecule has 2 aromatic heterocycles. The molecule has 0 aliphatic rings. The van der Waals surface area contributed by atoms with Gasteiger partial charge in [-0.2, -0.15) is 4.68 Å². The minimum Gasteiger partial charge on any atom is -0.293 e. The van der Waals surface area contributed by atoms with Crippen LogP contribution in [0.25, 0.3) is 16.9 Å². The van der Waals surface area contributed by atoms with Crippen LogP contribution in [0.4, 0.5) is 4.39 Å². The molecular formula is C19H16FN5O. The zero-order valence-electron chi connectivity index (χ0n) is 14.3. The molecule has 4 rings (SSSR count). The molecule has 6 nitrogen and oxygen atoms in total.